The third-order valence-corrected chi connectivity index (χ3v) is 2.94. The average Bonchev–Trinajstić information content (AvgIpc) is 2.36. The molecular weight excluding hydrogens is 347 g/mol. The second kappa shape index (κ2) is 6.00. The van der Waals surface area contributed by atoms with E-state index in [1.54, 1.807) is 7.05 Å². The molecule has 0 bridgehead atoms. The van der Waals surface area contributed by atoms with Gasteiger partial charge in [-0.2, -0.15) is 4.98 Å². The fourth-order valence-electron chi connectivity index (χ4n) is 1.63. The highest BCUT2D eigenvalue weighted by atomic mass is 79.9. The fraction of sp³-hybridized carbons (Fsp3) is 0.167. The molecule has 0 saturated heterocycles. The molecule has 0 unspecified atom stereocenters. The van der Waals surface area contributed by atoms with Gasteiger partial charge in [-0.1, -0.05) is 15.9 Å². The summed E-state index contributed by atoms with van der Waals surface area (Å²) in [4.78, 5) is 18.3. The standard InChI is InChI=1S/C12H10BrFN4O3/c1-6-10(18(19)20)11(17-12(15-2)16-6)21-9-4-7(13)3-8(14)5-9/h3-5H,1-2H3,(H,15,16,17). The number of hydrogen-bond donors (Lipinski definition) is 1. The lowest BCUT2D eigenvalue weighted by Crippen LogP contribution is -2.05. The second-order valence-electron chi connectivity index (χ2n) is 4.00. The molecule has 7 nitrogen and oxygen atoms in total. The third-order valence-electron chi connectivity index (χ3n) is 2.48. The predicted octanol–water partition coefficient (Wildman–Crippen LogP) is 3.43. The van der Waals surface area contributed by atoms with Crippen LogP contribution in [0.15, 0.2) is 22.7 Å². The van der Waals surface area contributed by atoms with E-state index in [-0.39, 0.29) is 29.0 Å². The highest BCUT2D eigenvalue weighted by Crippen LogP contribution is 2.33. The van der Waals surface area contributed by atoms with E-state index in [0.717, 1.165) is 6.07 Å². The van der Waals surface area contributed by atoms with Gasteiger partial charge in [-0.3, -0.25) is 10.1 Å². The van der Waals surface area contributed by atoms with E-state index >= 15 is 0 Å². The number of nitrogens with one attached hydrogen (secondary N) is 1. The average molecular weight is 357 g/mol. The Balaban J connectivity index is 2.51. The molecule has 9 heteroatoms. The molecule has 1 aromatic heterocycles. The lowest BCUT2D eigenvalue weighted by atomic mass is 10.3. The lowest BCUT2D eigenvalue weighted by Gasteiger charge is -2.09. The molecule has 2 rings (SSSR count). The van der Waals surface area contributed by atoms with Gasteiger partial charge in [0, 0.05) is 17.6 Å². The van der Waals surface area contributed by atoms with Crippen LogP contribution in [0, 0.1) is 22.9 Å². The number of halogens is 2. The quantitative estimate of drug-likeness (QED) is 0.666. The predicted molar refractivity (Wildman–Crippen MR) is 77.1 cm³/mol. The van der Waals surface area contributed by atoms with Crippen LogP contribution in [0.2, 0.25) is 0 Å². The van der Waals surface area contributed by atoms with Crippen LogP contribution in [0.1, 0.15) is 5.69 Å². The normalized spacial score (nSPS) is 10.3. The van der Waals surface area contributed by atoms with Gasteiger partial charge in [0.15, 0.2) is 0 Å². The van der Waals surface area contributed by atoms with Crippen molar-refractivity contribution in [3.8, 4) is 11.6 Å². The smallest absolute Gasteiger partial charge is 0.352 e. The van der Waals surface area contributed by atoms with Gasteiger partial charge in [0.1, 0.15) is 17.3 Å². The Labute approximate surface area is 127 Å². The van der Waals surface area contributed by atoms with Crippen molar-refractivity contribution in [2.75, 3.05) is 12.4 Å². The van der Waals surface area contributed by atoms with Gasteiger partial charge in [0.25, 0.3) is 0 Å². The second-order valence-corrected chi connectivity index (χ2v) is 4.92. The summed E-state index contributed by atoms with van der Waals surface area (Å²) in [7, 11) is 1.57. The minimum absolute atomic E-state index is 0.0881. The molecule has 0 radical (unpaired) electrons. The van der Waals surface area contributed by atoms with Crippen LogP contribution in [0.3, 0.4) is 0 Å². The summed E-state index contributed by atoms with van der Waals surface area (Å²) in [6.45, 7) is 1.47. The molecular formula is C12H10BrFN4O3. The van der Waals surface area contributed by atoms with Crippen molar-refractivity contribution in [2.24, 2.45) is 0 Å². The SMILES string of the molecule is CNc1nc(C)c([N+](=O)[O-])c(Oc2cc(F)cc(Br)c2)n1. The van der Waals surface area contributed by atoms with Gasteiger partial charge in [-0.15, -0.1) is 0 Å². The number of anilines is 1. The molecule has 0 fully saturated rings. The number of benzene rings is 1. The number of aryl methyl sites for hydroxylation is 1. The van der Waals surface area contributed by atoms with Gasteiger partial charge in [-0.05, 0) is 19.1 Å². The summed E-state index contributed by atoms with van der Waals surface area (Å²) < 4.78 is 19.1. The number of rotatable bonds is 4. The Morgan fingerprint density at radius 2 is 2.10 bits per heavy atom. The van der Waals surface area contributed by atoms with E-state index in [1.165, 1.54) is 19.1 Å². The highest BCUT2D eigenvalue weighted by molar-refractivity contribution is 9.10. The number of ether oxygens (including phenoxy) is 1. The van der Waals surface area contributed by atoms with Crippen molar-refractivity contribution in [3.63, 3.8) is 0 Å². The minimum atomic E-state index is -0.640. The molecule has 2 aromatic rings. The van der Waals surface area contributed by atoms with Crippen molar-refractivity contribution in [1.82, 2.24) is 9.97 Å². The third kappa shape index (κ3) is 3.43. The number of nitrogens with zero attached hydrogens (tertiary/aromatic N) is 3. The Morgan fingerprint density at radius 1 is 1.38 bits per heavy atom. The zero-order valence-electron chi connectivity index (χ0n) is 11.1. The molecule has 1 aromatic carbocycles. The van der Waals surface area contributed by atoms with Crippen molar-refractivity contribution < 1.29 is 14.1 Å². The first-order valence-corrected chi connectivity index (χ1v) is 6.54. The maximum atomic E-state index is 13.3. The first-order chi connectivity index (χ1) is 9.90. The Kier molecular flexibility index (Phi) is 4.32. The summed E-state index contributed by atoms with van der Waals surface area (Å²) >= 11 is 3.12. The van der Waals surface area contributed by atoms with E-state index in [1.807, 2.05) is 0 Å². The summed E-state index contributed by atoms with van der Waals surface area (Å²) in [5.41, 5.74) is -0.223. The van der Waals surface area contributed by atoms with Crippen molar-refractivity contribution in [2.45, 2.75) is 6.92 Å². The molecule has 110 valence electrons. The zero-order valence-corrected chi connectivity index (χ0v) is 12.6. The molecule has 0 atom stereocenters. The monoisotopic (exact) mass is 356 g/mol. The summed E-state index contributed by atoms with van der Waals surface area (Å²) in [6.07, 6.45) is 0. The molecule has 0 aliphatic heterocycles. The van der Waals surface area contributed by atoms with Crippen LogP contribution in [0.25, 0.3) is 0 Å². The van der Waals surface area contributed by atoms with E-state index in [9.17, 15) is 14.5 Å². The summed E-state index contributed by atoms with van der Waals surface area (Å²) in [6, 6.07) is 3.82. The van der Waals surface area contributed by atoms with Crippen LogP contribution in [-0.2, 0) is 0 Å². The summed E-state index contributed by atoms with van der Waals surface area (Å²) in [5, 5.41) is 13.8. The number of nitro groups is 1. The maximum absolute atomic E-state index is 13.3. The maximum Gasteiger partial charge on any atom is 0.352 e. The van der Waals surface area contributed by atoms with Crippen molar-refractivity contribution >= 4 is 27.6 Å². The van der Waals surface area contributed by atoms with E-state index in [4.69, 9.17) is 4.74 Å². The lowest BCUT2D eigenvalue weighted by molar-refractivity contribution is -0.386. The first kappa shape index (κ1) is 15.1. The van der Waals surface area contributed by atoms with Gasteiger partial charge in [0.05, 0.1) is 4.92 Å². The van der Waals surface area contributed by atoms with E-state index in [0.29, 0.717) is 4.47 Å². The first-order valence-electron chi connectivity index (χ1n) is 5.75. The van der Waals surface area contributed by atoms with E-state index < -0.39 is 10.7 Å². The highest BCUT2D eigenvalue weighted by Gasteiger charge is 2.24. The molecule has 0 aliphatic carbocycles. The molecule has 1 N–H and O–H groups in total. The van der Waals surface area contributed by atoms with E-state index in [2.05, 4.69) is 31.2 Å². The van der Waals surface area contributed by atoms with Gasteiger partial charge in [0.2, 0.25) is 5.95 Å². The van der Waals surface area contributed by atoms with Gasteiger partial charge < -0.3 is 10.1 Å². The minimum Gasteiger partial charge on any atom is -0.433 e. The number of aromatic nitrogens is 2. The van der Waals surface area contributed by atoms with Gasteiger partial charge in [-0.25, -0.2) is 9.37 Å². The Morgan fingerprint density at radius 3 is 2.67 bits per heavy atom. The van der Waals surface area contributed by atoms with Crippen LogP contribution in [-0.4, -0.2) is 21.9 Å². The molecule has 0 aliphatic rings. The molecule has 1 heterocycles. The summed E-state index contributed by atoms with van der Waals surface area (Å²) in [5.74, 6) is -0.537. The number of hydrogen-bond acceptors (Lipinski definition) is 6. The Bertz CT molecular complexity index is 691. The molecule has 0 spiro atoms. The Hall–Kier alpha value is -2.29. The van der Waals surface area contributed by atoms with Crippen molar-refractivity contribution in [1.29, 1.82) is 0 Å². The molecule has 0 amide bonds. The van der Waals surface area contributed by atoms with Crippen LogP contribution < -0.4 is 10.1 Å². The van der Waals surface area contributed by atoms with Crippen LogP contribution >= 0.6 is 15.9 Å². The molecule has 0 saturated carbocycles. The van der Waals surface area contributed by atoms with Gasteiger partial charge >= 0.3 is 11.6 Å². The zero-order chi connectivity index (χ0) is 15.6. The van der Waals surface area contributed by atoms with Crippen LogP contribution in [0.4, 0.5) is 16.0 Å². The van der Waals surface area contributed by atoms with Crippen molar-refractivity contribution in [3.05, 3.63) is 44.3 Å². The fourth-order valence-corrected chi connectivity index (χ4v) is 2.08. The molecule has 21 heavy (non-hydrogen) atoms. The largest absolute Gasteiger partial charge is 0.433 e. The topological polar surface area (TPSA) is 90.2 Å². The van der Waals surface area contributed by atoms with Crippen LogP contribution in [0.5, 0.6) is 11.6 Å².